The minimum absolute atomic E-state index is 0.00730. The molecule has 29 heavy (non-hydrogen) atoms. The lowest BCUT2D eigenvalue weighted by molar-refractivity contribution is 0.0742. The van der Waals surface area contributed by atoms with Gasteiger partial charge >= 0.3 is 0 Å². The largest absolute Gasteiger partial charge is 0.368 e. The smallest absolute Gasteiger partial charge is 0.273 e. The van der Waals surface area contributed by atoms with Crippen molar-refractivity contribution in [3.63, 3.8) is 0 Å². The third-order valence-electron chi connectivity index (χ3n) is 5.12. The zero-order chi connectivity index (χ0) is 20.4. The van der Waals surface area contributed by atoms with Gasteiger partial charge in [0.15, 0.2) is 5.13 Å². The van der Waals surface area contributed by atoms with Crippen molar-refractivity contribution in [3.8, 4) is 0 Å². The summed E-state index contributed by atoms with van der Waals surface area (Å²) in [5.41, 5.74) is 5.22. The van der Waals surface area contributed by atoms with E-state index in [-0.39, 0.29) is 5.91 Å². The van der Waals surface area contributed by atoms with Crippen LogP contribution in [0.15, 0.2) is 41.8 Å². The van der Waals surface area contributed by atoms with Crippen molar-refractivity contribution in [2.24, 2.45) is 0 Å². The van der Waals surface area contributed by atoms with Gasteiger partial charge in [-0.05, 0) is 50.1 Å². The Kier molecular flexibility index (Phi) is 5.49. The van der Waals surface area contributed by atoms with Crippen molar-refractivity contribution in [1.29, 1.82) is 0 Å². The number of nitrogens with zero attached hydrogens (tertiary/aromatic N) is 4. The van der Waals surface area contributed by atoms with Crippen molar-refractivity contribution < 1.29 is 4.79 Å². The SMILES string of the molecule is Cc1ccc(C)c(N2CCN(C(=O)c3csc(Nc4cccc(C)n4)n3)CC2)c1. The van der Waals surface area contributed by atoms with Crippen LogP contribution in [0, 0.1) is 20.8 Å². The number of anilines is 3. The number of aromatic nitrogens is 2. The fourth-order valence-corrected chi connectivity index (χ4v) is 4.22. The summed E-state index contributed by atoms with van der Waals surface area (Å²) in [5, 5.41) is 5.68. The highest BCUT2D eigenvalue weighted by Crippen LogP contribution is 2.24. The first kappa shape index (κ1) is 19.4. The maximum absolute atomic E-state index is 12.9. The average molecular weight is 408 g/mol. The number of hydrogen-bond acceptors (Lipinski definition) is 6. The predicted molar refractivity (Wildman–Crippen MR) is 118 cm³/mol. The molecule has 1 saturated heterocycles. The molecule has 1 fully saturated rings. The monoisotopic (exact) mass is 407 g/mol. The van der Waals surface area contributed by atoms with Crippen LogP contribution < -0.4 is 10.2 Å². The second-order valence-corrected chi connectivity index (χ2v) is 8.25. The summed E-state index contributed by atoms with van der Waals surface area (Å²) >= 11 is 1.42. The minimum Gasteiger partial charge on any atom is -0.368 e. The van der Waals surface area contributed by atoms with Crippen LogP contribution in [0.3, 0.4) is 0 Å². The number of nitrogens with one attached hydrogen (secondary N) is 1. The highest BCUT2D eigenvalue weighted by molar-refractivity contribution is 7.14. The zero-order valence-corrected chi connectivity index (χ0v) is 17.8. The Morgan fingerprint density at radius 2 is 1.83 bits per heavy atom. The fourth-order valence-electron chi connectivity index (χ4n) is 3.52. The Bertz CT molecular complexity index is 1020. The molecule has 0 unspecified atom stereocenters. The summed E-state index contributed by atoms with van der Waals surface area (Å²) in [5.74, 6) is 0.729. The summed E-state index contributed by atoms with van der Waals surface area (Å²) in [7, 11) is 0. The lowest BCUT2D eigenvalue weighted by atomic mass is 10.1. The molecule has 2 aromatic heterocycles. The van der Waals surface area contributed by atoms with E-state index in [1.807, 2.05) is 35.4 Å². The van der Waals surface area contributed by atoms with Gasteiger partial charge in [0.1, 0.15) is 11.5 Å². The number of carbonyl (C=O) groups is 1. The maximum Gasteiger partial charge on any atom is 0.273 e. The topological polar surface area (TPSA) is 61.4 Å². The molecule has 0 bridgehead atoms. The van der Waals surface area contributed by atoms with Crippen molar-refractivity contribution in [2.45, 2.75) is 20.8 Å². The summed E-state index contributed by atoms with van der Waals surface area (Å²) < 4.78 is 0. The Morgan fingerprint density at radius 1 is 1.03 bits per heavy atom. The van der Waals surface area contributed by atoms with Crippen LogP contribution in [0.1, 0.15) is 27.3 Å². The van der Waals surface area contributed by atoms with E-state index in [1.54, 1.807) is 0 Å². The quantitative estimate of drug-likeness (QED) is 0.703. The van der Waals surface area contributed by atoms with E-state index in [2.05, 4.69) is 52.2 Å². The minimum atomic E-state index is -0.00730. The lowest BCUT2D eigenvalue weighted by Crippen LogP contribution is -2.49. The number of piperazine rings is 1. The van der Waals surface area contributed by atoms with Gasteiger partial charge in [-0.15, -0.1) is 11.3 Å². The first-order chi connectivity index (χ1) is 14.0. The number of aryl methyl sites for hydroxylation is 3. The summed E-state index contributed by atoms with van der Waals surface area (Å²) in [6, 6.07) is 12.3. The van der Waals surface area contributed by atoms with Crippen molar-refractivity contribution in [3.05, 3.63) is 64.3 Å². The van der Waals surface area contributed by atoms with Crippen LogP contribution in [0.4, 0.5) is 16.6 Å². The number of benzene rings is 1. The third-order valence-corrected chi connectivity index (χ3v) is 5.88. The number of pyridine rings is 1. The van der Waals surface area contributed by atoms with Crippen molar-refractivity contribution in [2.75, 3.05) is 36.4 Å². The molecule has 1 aromatic carbocycles. The molecule has 1 amide bonds. The van der Waals surface area contributed by atoms with Crippen LogP contribution in [0.2, 0.25) is 0 Å². The molecule has 0 aliphatic carbocycles. The molecule has 7 heteroatoms. The number of amides is 1. The Hall–Kier alpha value is -2.93. The van der Waals surface area contributed by atoms with Gasteiger partial charge in [-0.25, -0.2) is 9.97 Å². The lowest BCUT2D eigenvalue weighted by Gasteiger charge is -2.36. The molecule has 3 aromatic rings. The van der Waals surface area contributed by atoms with E-state index in [9.17, 15) is 4.79 Å². The van der Waals surface area contributed by atoms with Crippen LogP contribution in [0.5, 0.6) is 0 Å². The molecular formula is C22H25N5OS. The van der Waals surface area contributed by atoms with E-state index < -0.39 is 0 Å². The molecule has 150 valence electrons. The summed E-state index contributed by atoms with van der Waals surface area (Å²) in [6.07, 6.45) is 0. The molecule has 3 heterocycles. The van der Waals surface area contributed by atoms with Gasteiger partial charge in [-0.3, -0.25) is 4.79 Å². The fraction of sp³-hybridized carbons (Fsp3) is 0.318. The first-order valence-electron chi connectivity index (χ1n) is 9.77. The molecular weight excluding hydrogens is 382 g/mol. The molecule has 1 aliphatic heterocycles. The third kappa shape index (κ3) is 4.40. The highest BCUT2D eigenvalue weighted by atomic mass is 32.1. The predicted octanol–water partition coefficient (Wildman–Crippen LogP) is 4.17. The Balaban J connectivity index is 1.39. The average Bonchev–Trinajstić information content (AvgIpc) is 3.18. The van der Waals surface area contributed by atoms with Gasteiger partial charge in [-0.1, -0.05) is 18.2 Å². The molecule has 0 saturated carbocycles. The van der Waals surface area contributed by atoms with Gasteiger partial charge in [0.05, 0.1) is 0 Å². The summed E-state index contributed by atoms with van der Waals surface area (Å²) in [4.78, 5) is 26.0. The van der Waals surface area contributed by atoms with Gasteiger partial charge < -0.3 is 15.1 Å². The first-order valence-corrected chi connectivity index (χ1v) is 10.7. The highest BCUT2D eigenvalue weighted by Gasteiger charge is 2.24. The van der Waals surface area contributed by atoms with Crippen LogP contribution >= 0.6 is 11.3 Å². The van der Waals surface area contributed by atoms with Crippen molar-refractivity contribution in [1.82, 2.24) is 14.9 Å². The van der Waals surface area contributed by atoms with E-state index in [4.69, 9.17) is 0 Å². The normalized spacial score (nSPS) is 14.2. The Labute approximate surface area is 175 Å². The standard InChI is InChI=1S/C22H25N5OS/c1-15-7-8-16(2)19(13-15)26-9-11-27(12-10-26)21(28)18-14-29-22(24-18)25-20-6-4-5-17(3)23-20/h4-8,13-14H,9-12H2,1-3H3,(H,23,24,25). The number of carbonyl (C=O) groups excluding carboxylic acids is 1. The molecule has 6 nitrogen and oxygen atoms in total. The number of hydrogen-bond donors (Lipinski definition) is 1. The van der Waals surface area contributed by atoms with E-state index in [0.717, 1.165) is 24.6 Å². The van der Waals surface area contributed by atoms with Gasteiger partial charge in [0, 0.05) is 42.9 Å². The Morgan fingerprint density at radius 3 is 2.59 bits per heavy atom. The maximum atomic E-state index is 12.9. The van der Waals surface area contributed by atoms with E-state index in [1.165, 1.54) is 28.2 Å². The molecule has 1 aliphatic rings. The van der Waals surface area contributed by atoms with Crippen LogP contribution in [-0.2, 0) is 0 Å². The molecule has 0 spiro atoms. The second kappa shape index (κ2) is 8.21. The second-order valence-electron chi connectivity index (χ2n) is 7.40. The molecule has 0 radical (unpaired) electrons. The van der Waals surface area contributed by atoms with E-state index >= 15 is 0 Å². The number of rotatable bonds is 4. The van der Waals surface area contributed by atoms with Crippen LogP contribution in [-0.4, -0.2) is 47.0 Å². The summed E-state index contributed by atoms with van der Waals surface area (Å²) in [6.45, 7) is 9.26. The van der Waals surface area contributed by atoms with Crippen LogP contribution in [0.25, 0.3) is 0 Å². The zero-order valence-electron chi connectivity index (χ0n) is 17.0. The van der Waals surface area contributed by atoms with Crippen molar-refractivity contribution >= 4 is 33.9 Å². The van der Waals surface area contributed by atoms with E-state index in [0.29, 0.717) is 23.9 Å². The van der Waals surface area contributed by atoms with Gasteiger partial charge in [0.2, 0.25) is 0 Å². The molecule has 1 N–H and O–H groups in total. The molecule has 4 rings (SSSR count). The number of thiazole rings is 1. The van der Waals surface area contributed by atoms with Gasteiger partial charge in [-0.2, -0.15) is 0 Å². The van der Waals surface area contributed by atoms with Gasteiger partial charge in [0.25, 0.3) is 5.91 Å². The molecule has 0 atom stereocenters.